The van der Waals surface area contributed by atoms with Crippen molar-refractivity contribution in [2.75, 3.05) is 0 Å². The van der Waals surface area contributed by atoms with Crippen molar-refractivity contribution in [2.45, 2.75) is 25.4 Å². The minimum Gasteiger partial charge on any atom is -0.388 e. The molecule has 0 fully saturated rings. The van der Waals surface area contributed by atoms with Crippen LogP contribution in [0.3, 0.4) is 0 Å². The van der Waals surface area contributed by atoms with Gasteiger partial charge in [0, 0.05) is 0 Å². The zero-order valence-corrected chi connectivity index (χ0v) is 10.4. The van der Waals surface area contributed by atoms with Crippen LogP contribution in [0.15, 0.2) is 54.6 Å². The van der Waals surface area contributed by atoms with Crippen molar-refractivity contribution in [1.82, 2.24) is 0 Å². The summed E-state index contributed by atoms with van der Waals surface area (Å²) in [5.41, 5.74) is 1.97. The lowest BCUT2D eigenvalue weighted by atomic mass is 9.92. The molecule has 94 valence electrons. The van der Waals surface area contributed by atoms with E-state index in [9.17, 15) is 9.50 Å². The van der Waals surface area contributed by atoms with Gasteiger partial charge in [-0.25, -0.2) is 4.39 Å². The van der Waals surface area contributed by atoms with Crippen molar-refractivity contribution in [3.63, 3.8) is 0 Å². The molecule has 2 atom stereocenters. The lowest BCUT2D eigenvalue weighted by Gasteiger charge is -2.17. The van der Waals surface area contributed by atoms with Crippen molar-refractivity contribution in [1.29, 1.82) is 0 Å². The second kappa shape index (κ2) is 5.78. The second-order valence-electron chi connectivity index (χ2n) is 4.61. The van der Waals surface area contributed by atoms with Crippen LogP contribution < -0.4 is 0 Å². The number of hydrogen-bond acceptors (Lipinski definition) is 1. The number of benzene rings is 2. The minimum absolute atomic E-state index is 0.270. The molecule has 18 heavy (non-hydrogen) atoms. The number of hydrogen-bond donors (Lipinski definition) is 1. The lowest BCUT2D eigenvalue weighted by Crippen LogP contribution is -2.03. The van der Waals surface area contributed by atoms with Gasteiger partial charge in [-0.1, -0.05) is 49.4 Å². The maximum absolute atomic E-state index is 12.8. The maximum atomic E-state index is 12.8. The van der Waals surface area contributed by atoms with E-state index >= 15 is 0 Å². The van der Waals surface area contributed by atoms with Crippen LogP contribution >= 0.6 is 0 Å². The fraction of sp³-hybridized carbons (Fsp3) is 0.250. The molecule has 0 saturated carbocycles. The molecular weight excluding hydrogens is 227 g/mol. The topological polar surface area (TPSA) is 20.2 Å². The van der Waals surface area contributed by atoms with E-state index in [2.05, 4.69) is 19.1 Å². The van der Waals surface area contributed by atoms with E-state index in [0.29, 0.717) is 6.42 Å². The van der Waals surface area contributed by atoms with Crippen LogP contribution in [0.1, 0.15) is 36.5 Å². The van der Waals surface area contributed by atoms with Gasteiger partial charge in [0.1, 0.15) is 5.82 Å². The molecule has 2 aromatic carbocycles. The largest absolute Gasteiger partial charge is 0.388 e. The fourth-order valence-corrected chi connectivity index (χ4v) is 2.07. The summed E-state index contributed by atoms with van der Waals surface area (Å²) in [5, 5.41) is 10.1. The molecule has 1 nitrogen and oxygen atoms in total. The first-order valence-electron chi connectivity index (χ1n) is 6.15. The predicted molar refractivity (Wildman–Crippen MR) is 70.8 cm³/mol. The van der Waals surface area contributed by atoms with Gasteiger partial charge in [-0.2, -0.15) is 0 Å². The van der Waals surface area contributed by atoms with E-state index in [4.69, 9.17) is 0 Å². The number of halogens is 1. The highest BCUT2D eigenvalue weighted by molar-refractivity contribution is 5.22. The summed E-state index contributed by atoms with van der Waals surface area (Å²) in [7, 11) is 0. The predicted octanol–water partition coefficient (Wildman–Crippen LogP) is 4.05. The Morgan fingerprint density at radius 1 is 0.944 bits per heavy atom. The van der Waals surface area contributed by atoms with Crippen molar-refractivity contribution in [3.05, 3.63) is 71.5 Å². The molecule has 0 amide bonds. The van der Waals surface area contributed by atoms with Crippen LogP contribution in [-0.2, 0) is 0 Å². The van der Waals surface area contributed by atoms with Gasteiger partial charge < -0.3 is 5.11 Å². The van der Waals surface area contributed by atoms with Gasteiger partial charge in [0.2, 0.25) is 0 Å². The van der Waals surface area contributed by atoms with Crippen LogP contribution in [0.5, 0.6) is 0 Å². The van der Waals surface area contributed by atoms with Crippen LogP contribution in [0.25, 0.3) is 0 Å². The van der Waals surface area contributed by atoms with Crippen molar-refractivity contribution in [2.24, 2.45) is 0 Å². The molecule has 2 rings (SSSR count). The van der Waals surface area contributed by atoms with Crippen LogP contribution in [0.2, 0.25) is 0 Å². The van der Waals surface area contributed by atoms with Gasteiger partial charge in [-0.15, -0.1) is 0 Å². The summed E-state index contributed by atoms with van der Waals surface area (Å²) in [4.78, 5) is 0. The van der Waals surface area contributed by atoms with E-state index in [1.54, 1.807) is 12.1 Å². The molecular formula is C16H17FO. The maximum Gasteiger partial charge on any atom is 0.123 e. The molecule has 0 aliphatic rings. The van der Waals surface area contributed by atoms with Crippen LogP contribution in [0, 0.1) is 5.82 Å². The van der Waals surface area contributed by atoms with Gasteiger partial charge in [0.05, 0.1) is 6.10 Å². The molecule has 2 heteroatoms. The van der Waals surface area contributed by atoms with Gasteiger partial charge in [0.15, 0.2) is 0 Å². The Kier molecular flexibility index (Phi) is 4.11. The third-order valence-corrected chi connectivity index (χ3v) is 3.20. The summed E-state index contributed by atoms with van der Waals surface area (Å²) < 4.78 is 12.8. The molecule has 0 aliphatic carbocycles. The SMILES string of the molecule is CC(CC(O)c1ccc(F)cc1)c1ccccc1. The normalized spacial score (nSPS) is 14.2. The summed E-state index contributed by atoms with van der Waals surface area (Å²) in [5.74, 6) is -0.00619. The van der Waals surface area contributed by atoms with E-state index < -0.39 is 6.10 Å². The highest BCUT2D eigenvalue weighted by Crippen LogP contribution is 2.27. The Labute approximate surface area is 107 Å². The quantitative estimate of drug-likeness (QED) is 0.860. The van der Waals surface area contributed by atoms with Crippen molar-refractivity contribution < 1.29 is 9.50 Å². The van der Waals surface area contributed by atoms with Crippen LogP contribution in [0.4, 0.5) is 4.39 Å². The second-order valence-corrected chi connectivity index (χ2v) is 4.61. The highest BCUT2D eigenvalue weighted by atomic mass is 19.1. The molecule has 0 saturated heterocycles. The van der Waals surface area contributed by atoms with E-state index in [0.717, 1.165) is 5.56 Å². The van der Waals surface area contributed by atoms with Gasteiger partial charge in [-0.3, -0.25) is 0 Å². The molecule has 0 spiro atoms. The third-order valence-electron chi connectivity index (χ3n) is 3.20. The zero-order valence-electron chi connectivity index (χ0n) is 10.4. The first kappa shape index (κ1) is 12.8. The summed E-state index contributed by atoms with van der Waals surface area (Å²) >= 11 is 0. The van der Waals surface area contributed by atoms with Crippen molar-refractivity contribution in [3.8, 4) is 0 Å². The number of rotatable bonds is 4. The number of aliphatic hydroxyl groups is 1. The monoisotopic (exact) mass is 244 g/mol. The molecule has 0 heterocycles. The van der Waals surface area contributed by atoms with Crippen LogP contribution in [-0.4, -0.2) is 5.11 Å². The Hall–Kier alpha value is -1.67. The average Bonchev–Trinajstić information content (AvgIpc) is 2.40. The van der Waals surface area contributed by atoms with Gasteiger partial charge in [-0.05, 0) is 35.6 Å². The summed E-state index contributed by atoms with van der Waals surface area (Å²) in [6.07, 6.45) is 0.0798. The average molecular weight is 244 g/mol. The fourth-order valence-electron chi connectivity index (χ4n) is 2.07. The molecule has 0 bridgehead atoms. The molecule has 0 aromatic heterocycles. The Morgan fingerprint density at radius 2 is 1.56 bits per heavy atom. The Morgan fingerprint density at radius 3 is 2.17 bits per heavy atom. The Bertz CT molecular complexity index is 478. The van der Waals surface area contributed by atoms with E-state index in [1.807, 2.05) is 18.2 Å². The Balaban J connectivity index is 2.03. The first-order valence-corrected chi connectivity index (χ1v) is 6.15. The zero-order chi connectivity index (χ0) is 13.0. The highest BCUT2D eigenvalue weighted by Gasteiger charge is 2.13. The molecule has 0 radical (unpaired) electrons. The molecule has 0 aliphatic heterocycles. The minimum atomic E-state index is -0.555. The standard InChI is InChI=1S/C16H17FO/c1-12(13-5-3-2-4-6-13)11-16(18)14-7-9-15(17)10-8-14/h2-10,12,16,18H,11H2,1H3. The molecule has 2 unspecified atom stereocenters. The van der Waals surface area contributed by atoms with Crippen molar-refractivity contribution >= 4 is 0 Å². The number of aliphatic hydroxyl groups excluding tert-OH is 1. The third kappa shape index (κ3) is 3.17. The lowest BCUT2D eigenvalue weighted by molar-refractivity contribution is 0.159. The summed E-state index contributed by atoms with van der Waals surface area (Å²) in [6, 6.07) is 16.1. The van der Waals surface area contributed by atoms with E-state index in [-0.39, 0.29) is 11.7 Å². The van der Waals surface area contributed by atoms with Gasteiger partial charge in [0.25, 0.3) is 0 Å². The molecule has 1 N–H and O–H groups in total. The summed E-state index contributed by atoms with van der Waals surface area (Å²) in [6.45, 7) is 2.09. The smallest absolute Gasteiger partial charge is 0.123 e. The first-order chi connectivity index (χ1) is 8.66. The van der Waals surface area contributed by atoms with E-state index in [1.165, 1.54) is 17.7 Å². The van der Waals surface area contributed by atoms with Gasteiger partial charge >= 0.3 is 0 Å². The molecule has 2 aromatic rings.